The molecule has 0 saturated carbocycles. The summed E-state index contributed by atoms with van der Waals surface area (Å²) in [5.41, 5.74) is 3.03. The molecule has 7 heteroatoms. The number of carbonyl (C=O) groups excluding carboxylic acids is 2. The van der Waals surface area contributed by atoms with Gasteiger partial charge in [0.15, 0.2) is 11.2 Å². The normalized spacial score (nSPS) is 14.0. The van der Waals surface area contributed by atoms with Crippen LogP contribution in [0.3, 0.4) is 0 Å². The maximum atomic E-state index is 12.6. The van der Waals surface area contributed by atoms with Crippen LogP contribution < -0.4 is 5.32 Å². The second-order valence-electron chi connectivity index (χ2n) is 7.90. The third-order valence-corrected chi connectivity index (χ3v) is 7.61. The average molecular weight is 463 g/mol. The molecule has 5 nitrogen and oxygen atoms in total. The minimum atomic E-state index is -0.908. The molecule has 1 atom stereocenters. The number of hydrogen-bond donors (Lipinski definition) is 1. The van der Waals surface area contributed by atoms with E-state index in [4.69, 9.17) is 4.74 Å². The maximum Gasteiger partial charge on any atom is 0.349 e. The summed E-state index contributed by atoms with van der Waals surface area (Å²) >= 11 is 2.83. The lowest BCUT2D eigenvalue weighted by molar-refractivity contribution is -0.123. The highest BCUT2D eigenvalue weighted by Gasteiger charge is 2.23. The van der Waals surface area contributed by atoms with Crippen molar-refractivity contribution in [1.82, 2.24) is 4.98 Å². The molecule has 0 fully saturated rings. The molecule has 1 amide bonds. The van der Waals surface area contributed by atoms with Crippen LogP contribution in [-0.4, -0.2) is 23.0 Å². The fraction of sp³-hybridized carbons (Fsp3) is 0.240. The summed E-state index contributed by atoms with van der Waals surface area (Å²) in [5.74, 6) is -0.831. The van der Waals surface area contributed by atoms with Gasteiger partial charge in [0, 0.05) is 15.8 Å². The minimum Gasteiger partial charge on any atom is -0.448 e. The summed E-state index contributed by atoms with van der Waals surface area (Å²) in [6.07, 6.45) is 3.45. The van der Waals surface area contributed by atoms with E-state index < -0.39 is 12.1 Å². The number of benzene rings is 2. The van der Waals surface area contributed by atoms with Gasteiger partial charge in [0.1, 0.15) is 4.88 Å². The van der Waals surface area contributed by atoms with Gasteiger partial charge in [-0.1, -0.05) is 36.4 Å². The summed E-state index contributed by atoms with van der Waals surface area (Å²) in [5, 5.41) is 7.47. The number of rotatable bonds is 5. The van der Waals surface area contributed by atoms with Crippen LogP contribution in [0.25, 0.3) is 22.0 Å². The highest BCUT2D eigenvalue weighted by atomic mass is 32.1. The number of ether oxygens (including phenoxy) is 1. The molecule has 0 bridgehead atoms. The Morgan fingerprint density at radius 1 is 1.06 bits per heavy atom. The van der Waals surface area contributed by atoms with Gasteiger partial charge in [0.25, 0.3) is 5.91 Å². The van der Waals surface area contributed by atoms with Gasteiger partial charge >= 0.3 is 5.97 Å². The van der Waals surface area contributed by atoms with Crippen LogP contribution in [-0.2, 0) is 22.4 Å². The average Bonchev–Trinajstić information content (AvgIpc) is 3.46. The Kier molecular flexibility index (Phi) is 5.76. The fourth-order valence-electron chi connectivity index (χ4n) is 3.88. The number of hydrogen-bond acceptors (Lipinski definition) is 6. The first-order chi connectivity index (χ1) is 15.6. The molecule has 32 heavy (non-hydrogen) atoms. The number of aromatic nitrogens is 1. The van der Waals surface area contributed by atoms with E-state index in [1.54, 1.807) is 6.92 Å². The Balaban J connectivity index is 1.23. The molecule has 1 unspecified atom stereocenters. The number of nitrogens with one attached hydrogen (secondary N) is 1. The smallest absolute Gasteiger partial charge is 0.349 e. The van der Waals surface area contributed by atoms with Crippen molar-refractivity contribution in [2.24, 2.45) is 0 Å². The van der Waals surface area contributed by atoms with E-state index in [-0.39, 0.29) is 5.91 Å². The van der Waals surface area contributed by atoms with Crippen LogP contribution in [0.2, 0.25) is 0 Å². The largest absolute Gasteiger partial charge is 0.448 e. The van der Waals surface area contributed by atoms with Crippen molar-refractivity contribution >= 4 is 50.5 Å². The number of carbonyl (C=O) groups is 2. The molecule has 0 spiro atoms. The van der Waals surface area contributed by atoms with E-state index in [2.05, 4.69) is 34.6 Å². The van der Waals surface area contributed by atoms with E-state index >= 15 is 0 Å². The third kappa shape index (κ3) is 4.31. The predicted octanol–water partition coefficient (Wildman–Crippen LogP) is 6.09. The Morgan fingerprint density at radius 2 is 1.88 bits per heavy atom. The van der Waals surface area contributed by atoms with Crippen molar-refractivity contribution < 1.29 is 14.3 Å². The highest BCUT2D eigenvalue weighted by molar-refractivity contribution is 7.14. The monoisotopic (exact) mass is 462 g/mol. The number of amides is 1. The van der Waals surface area contributed by atoms with Crippen LogP contribution in [0.5, 0.6) is 0 Å². The van der Waals surface area contributed by atoms with Crippen molar-refractivity contribution in [2.45, 2.75) is 38.7 Å². The van der Waals surface area contributed by atoms with E-state index in [0.29, 0.717) is 10.0 Å². The highest BCUT2D eigenvalue weighted by Crippen LogP contribution is 2.31. The molecule has 0 aliphatic heterocycles. The molecule has 1 aliphatic rings. The number of thiazole rings is 1. The Bertz CT molecular complexity index is 1280. The van der Waals surface area contributed by atoms with E-state index in [1.807, 2.05) is 29.6 Å². The van der Waals surface area contributed by atoms with E-state index in [1.165, 1.54) is 38.5 Å². The lowest BCUT2D eigenvalue weighted by Gasteiger charge is -2.11. The first-order valence-corrected chi connectivity index (χ1v) is 12.3. The Hall–Kier alpha value is -3.03. The molecule has 0 radical (unpaired) electrons. The fourth-order valence-corrected chi connectivity index (χ4v) is 5.74. The molecule has 2 heterocycles. The van der Waals surface area contributed by atoms with Gasteiger partial charge in [0.2, 0.25) is 0 Å². The first-order valence-electron chi connectivity index (χ1n) is 10.6. The van der Waals surface area contributed by atoms with Crippen molar-refractivity contribution in [1.29, 1.82) is 0 Å². The van der Waals surface area contributed by atoms with Gasteiger partial charge in [-0.25, -0.2) is 9.78 Å². The van der Waals surface area contributed by atoms with Crippen molar-refractivity contribution in [3.05, 3.63) is 69.2 Å². The van der Waals surface area contributed by atoms with Gasteiger partial charge in [-0.05, 0) is 61.1 Å². The number of fused-ring (bicyclic) bond motifs is 2. The van der Waals surface area contributed by atoms with Gasteiger partial charge in [-0.2, -0.15) is 0 Å². The minimum absolute atomic E-state index is 0.390. The molecule has 0 saturated heterocycles. The molecule has 4 aromatic rings. The number of esters is 1. The van der Waals surface area contributed by atoms with Crippen LogP contribution >= 0.6 is 22.7 Å². The summed E-state index contributed by atoms with van der Waals surface area (Å²) in [7, 11) is 0. The zero-order chi connectivity index (χ0) is 22.1. The second-order valence-corrected chi connectivity index (χ2v) is 9.90. The molecule has 5 rings (SSSR count). The maximum absolute atomic E-state index is 12.6. The zero-order valence-corrected chi connectivity index (χ0v) is 19.2. The van der Waals surface area contributed by atoms with E-state index in [9.17, 15) is 9.59 Å². The molecule has 2 aromatic carbocycles. The van der Waals surface area contributed by atoms with Gasteiger partial charge < -0.3 is 4.74 Å². The van der Waals surface area contributed by atoms with Gasteiger partial charge in [0.05, 0.1) is 5.69 Å². The second kappa shape index (κ2) is 8.84. The SMILES string of the molecule is CC(OC(=O)c1cc2c(s1)CCCC2)C(=O)Nc1nc(-c2ccc3ccccc3c2)cs1. The predicted molar refractivity (Wildman–Crippen MR) is 130 cm³/mol. The number of thiophene rings is 1. The van der Waals surface area contributed by atoms with Crippen molar-refractivity contribution in [3.8, 4) is 11.3 Å². The van der Waals surface area contributed by atoms with Crippen LogP contribution in [0.4, 0.5) is 5.13 Å². The molecule has 2 aromatic heterocycles. The molecular weight excluding hydrogens is 440 g/mol. The zero-order valence-electron chi connectivity index (χ0n) is 17.6. The van der Waals surface area contributed by atoms with E-state index in [0.717, 1.165) is 42.3 Å². The van der Waals surface area contributed by atoms with Crippen molar-refractivity contribution in [2.75, 3.05) is 5.32 Å². The summed E-state index contributed by atoms with van der Waals surface area (Å²) in [6.45, 7) is 1.58. The number of aryl methyl sites for hydroxylation is 2. The number of anilines is 1. The van der Waals surface area contributed by atoms with Crippen LogP contribution in [0.1, 0.15) is 39.9 Å². The first kappa shape index (κ1) is 20.8. The number of nitrogens with zero attached hydrogens (tertiary/aromatic N) is 1. The lowest BCUT2D eigenvalue weighted by atomic mass is 9.99. The lowest BCUT2D eigenvalue weighted by Crippen LogP contribution is -2.29. The molecular formula is C25H22N2O3S2. The Labute approximate surface area is 194 Å². The van der Waals surface area contributed by atoms with Crippen LogP contribution in [0, 0.1) is 0 Å². The molecule has 1 N–H and O–H groups in total. The van der Waals surface area contributed by atoms with Gasteiger partial charge in [-0.15, -0.1) is 22.7 Å². The third-order valence-electron chi connectivity index (χ3n) is 5.63. The van der Waals surface area contributed by atoms with Crippen molar-refractivity contribution in [3.63, 3.8) is 0 Å². The van der Waals surface area contributed by atoms with Crippen LogP contribution in [0.15, 0.2) is 53.9 Å². The summed E-state index contributed by atoms with van der Waals surface area (Å²) in [4.78, 5) is 31.5. The summed E-state index contributed by atoms with van der Waals surface area (Å²) in [6, 6.07) is 16.2. The summed E-state index contributed by atoms with van der Waals surface area (Å²) < 4.78 is 5.42. The Morgan fingerprint density at radius 3 is 2.72 bits per heavy atom. The standard InChI is InChI=1S/C25H22N2O3S2/c1-15(30-24(29)22-13-19-8-4-5-9-21(19)32-22)23(28)27-25-26-20(14-31-25)18-11-10-16-6-2-3-7-17(16)12-18/h2-3,6-7,10-15H,4-5,8-9H2,1H3,(H,26,27,28). The van der Waals surface area contributed by atoms with Gasteiger partial charge in [-0.3, -0.25) is 10.1 Å². The topological polar surface area (TPSA) is 68.3 Å². The quantitative estimate of drug-likeness (QED) is 0.365. The molecule has 162 valence electrons. The molecule has 1 aliphatic carbocycles.